The van der Waals surface area contributed by atoms with Crippen molar-refractivity contribution in [2.75, 3.05) is 4.72 Å². The van der Waals surface area contributed by atoms with E-state index in [1.165, 1.54) is 6.07 Å². The van der Waals surface area contributed by atoms with Crippen molar-refractivity contribution in [3.05, 3.63) is 120 Å². The molecule has 0 bridgehead atoms. The number of hydrogen-bond acceptors (Lipinski definition) is 5. The zero-order chi connectivity index (χ0) is 25.8. The first-order chi connectivity index (χ1) is 17.9. The number of fused-ring (bicyclic) bond motifs is 1. The number of carbonyl (C=O) groups excluding carboxylic acids is 1. The average molecular weight is 512 g/mol. The Labute approximate surface area is 215 Å². The van der Waals surface area contributed by atoms with Gasteiger partial charge in [-0.15, -0.1) is 0 Å². The maximum absolute atomic E-state index is 13.9. The largest absolute Gasteiger partial charge is 0.337 e. The van der Waals surface area contributed by atoms with Crippen molar-refractivity contribution in [2.24, 2.45) is 7.05 Å². The van der Waals surface area contributed by atoms with E-state index in [1.54, 1.807) is 65.8 Å². The molecule has 5 aromatic rings. The minimum atomic E-state index is -4.04. The maximum Gasteiger partial charge on any atom is 0.264 e. The van der Waals surface area contributed by atoms with Crippen LogP contribution in [-0.4, -0.2) is 33.8 Å². The van der Waals surface area contributed by atoms with Crippen LogP contribution in [0.1, 0.15) is 21.7 Å². The Balaban J connectivity index is 1.50. The number of para-hydroxylation sites is 2. The highest BCUT2D eigenvalue weighted by Crippen LogP contribution is 2.26. The molecule has 0 saturated carbocycles. The molecule has 0 aliphatic carbocycles. The van der Waals surface area contributed by atoms with Crippen molar-refractivity contribution < 1.29 is 13.2 Å². The summed E-state index contributed by atoms with van der Waals surface area (Å²) in [6.45, 7) is 0.590. The van der Waals surface area contributed by atoms with Crippen LogP contribution in [0, 0.1) is 0 Å². The topological polar surface area (TPSA) is 97.2 Å². The lowest BCUT2D eigenvalue weighted by molar-refractivity contribution is 0.0725. The number of sulfonamides is 1. The van der Waals surface area contributed by atoms with Gasteiger partial charge >= 0.3 is 0 Å². The van der Waals surface area contributed by atoms with Crippen LogP contribution in [0.15, 0.2) is 108 Å². The van der Waals surface area contributed by atoms with E-state index in [1.807, 2.05) is 48.1 Å². The molecule has 0 aliphatic heterocycles. The number of aromatic nitrogens is 3. The van der Waals surface area contributed by atoms with Crippen molar-refractivity contribution in [3.8, 4) is 0 Å². The highest BCUT2D eigenvalue weighted by Gasteiger charge is 2.25. The van der Waals surface area contributed by atoms with Gasteiger partial charge in [-0.3, -0.25) is 14.5 Å². The quantitative estimate of drug-likeness (QED) is 0.328. The number of imidazole rings is 1. The van der Waals surface area contributed by atoms with Crippen molar-refractivity contribution in [1.82, 2.24) is 19.4 Å². The molecule has 0 saturated heterocycles. The van der Waals surface area contributed by atoms with E-state index in [-0.39, 0.29) is 28.6 Å². The zero-order valence-electron chi connectivity index (χ0n) is 20.2. The number of anilines is 1. The molecule has 8 nitrogen and oxygen atoms in total. The zero-order valence-corrected chi connectivity index (χ0v) is 21.0. The first kappa shape index (κ1) is 24.2. The van der Waals surface area contributed by atoms with Gasteiger partial charge in [-0.25, -0.2) is 13.4 Å². The van der Waals surface area contributed by atoms with Crippen LogP contribution in [0.25, 0.3) is 10.9 Å². The number of carbonyl (C=O) groups is 1. The van der Waals surface area contributed by atoms with E-state index in [2.05, 4.69) is 14.7 Å². The Hall–Kier alpha value is -4.50. The summed E-state index contributed by atoms with van der Waals surface area (Å²) >= 11 is 0. The van der Waals surface area contributed by atoms with Gasteiger partial charge < -0.3 is 9.47 Å². The van der Waals surface area contributed by atoms with E-state index < -0.39 is 10.0 Å². The summed E-state index contributed by atoms with van der Waals surface area (Å²) in [5.74, 6) is 0.394. The molecule has 186 valence electrons. The van der Waals surface area contributed by atoms with Gasteiger partial charge in [0.1, 0.15) is 10.7 Å². The molecule has 0 aliphatic rings. The predicted molar refractivity (Wildman–Crippen MR) is 142 cm³/mol. The van der Waals surface area contributed by atoms with Gasteiger partial charge in [0.05, 0.1) is 23.3 Å². The molecular weight excluding hydrogens is 486 g/mol. The fraction of sp³-hybridized carbons (Fsp3) is 0.107. The molecule has 0 spiro atoms. The molecule has 37 heavy (non-hydrogen) atoms. The van der Waals surface area contributed by atoms with Gasteiger partial charge in [-0.05, 0) is 29.8 Å². The first-order valence-corrected chi connectivity index (χ1v) is 13.2. The molecule has 0 fully saturated rings. The SMILES string of the molecule is Cn1ccnc1CN(Cc1ccccc1)C(=O)c1ccccc1NS(=O)(=O)c1cccc2cccnc12. The average Bonchev–Trinajstić information content (AvgIpc) is 3.32. The second-order valence-electron chi connectivity index (χ2n) is 8.58. The molecule has 9 heteroatoms. The molecule has 0 atom stereocenters. The molecule has 5 rings (SSSR count). The number of benzene rings is 3. The monoisotopic (exact) mass is 511 g/mol. The van der Waals surface area contributed by atoms with E-state index in [0.717, 1.165) is 5.56 Å². The molecule has 0 radical (unpaired) electrons. The van der Waals surface area contributed by atoms with Crippen LogP contribution >= 0.6 is 0 Å². The lowest BCUT2D eigenvalue weighted by Gasteiger charge is -2.24. The summed E-state index contributed by atoms with van der Waals surface area (Å²) in [7, 11) is -2.17. The minimum absolute atomic E-state index is 0.0435. The molecule has 2 heterocycles. The van der Waals surface area contributed by atoms with Gasteiger partial charge in [0.2, 0.25) is 0 Å². The summed E-state index contributed by atoms with van der Waals surface area (Å²) in [6, 6.07) is 24.8. The van der Waals surface area contributed by atoms with E-state index >= 15 is 0 Å². The number of pyridine rings is 1. The van der Waals surface area contributed by atoms with Gasteiger partial charge in [-0.1, -0.05) is 60.7 Å². The Bertz CT molecular complexity index is 1660. The van der Waals surface area contributed by atoms with Crippen LogP contribution in [0.4, 0.5) is 5.69 Å². The van der Waals surface area contributed by atoms with E-state index in [9.17, 15) is 13.2 Å². The third-order valence-electron chi connectivity index (χ3n) is 6.04. The van der Waals surface area contributed by atoms with Gasteiger partial charge in [0.15, 0.2) is 0 Å². The lowest BCUT2D eigenvalue weighted by atomic mass is 10.1. The fourth-order valence-electron chi connectivity index (χ4n) is 4.14. The number of aryl methyl sites for hydroxylation is 1. The van der Waals surface area contributed by atoms with Gasteiger partial charge in [0, 0.05) is 37.6 Å². The summed E-state index contributed by atoms with van der Waals surface area (Å²) in [4.78, 5) is 24.2. The summed E-state index contributed by atoms with van der Waals surface area (Å²) in [5, 5.41) is 0.707. The third-order valence-corrected chi connectivity index (χ3v) is 7.44. The van der Waals surface area contributed by atoms with Crippen LogP contribution in [0.3, 0.4) is 0 Å². The molecule has 3 aromatic carbocycles. The Morgan fingerprint density at radius 1 is 0.865 bits per heavy atom. The predicted octanol–water partition coefficient (Wildman–Crippen LogP) is 4.61. The number of amides is 1. The van der Waals surface area contributed by atoms with E-state index in [4.69, 9.17) is 0 Å². The molecule has 1 amide bonds. The highest BCUT2D eigenvalue weighted by molar-refractivity contribution is 7.93. The van der Waals surface area contributed by atoms with Crippen LogP contribution in [0.2, 0.25) is 0 Å². The van der Waals surface area contributed by atoms with Gasteiger partial charge in [0.25, 0.3) is 15.9 Å². The number of nitrogens with zero attached hydrogens (tertiary/aromatic N) is 4. The summed E-state index contributed by atoms with van der Waals surface area (Å²) in [6.07, 6.45) is 5.06. The Morgan fingerprint density at radius 2 is 1.62 bits per heavy atom. The first-order valence-electron chi connectivity index (χ1n) is 11.7. The van der Waals surface area contributed by atoms with Crippen molar-refractivity contribution in [1.29, 1.82) is 0 Å². The fourth-order valence-corrected chi connectivity index (χ4v) is 5.40. The van der Waals surface area contributed by atoms with Crippen molar-refractivity contribution in [2.45, 2.75) is 18.0 Å². The number of hydrogen-bond donors (Lipinski definition) is 1. The van der Waals surface area contributed by atoms with Crippen LogP contribution in [-0.2, 0) is 30.2 Å². The molecule has 2 aromatic heterocycles. The Morgan fingerprint density at radius 3 is 2.41 bits per heavy atom. The molecule has 1 N–H and O–H groups in total. The highest BCUT2D eigenvalue weighted by atomic mass is 32.2. The number of rotatable bonds is 8. The van der Waals surface area contributed by atoms with E-state index in [0.29, 0.717) is 23.3 Å². The normalized spacial score (nSPS) is 11.4. The van der Waals surface area contributed by atoms with Crippen LogP contribution < -0.4 is 4.72 Å². The second kappa shape index (κ2) is 10.2. The third kappa shape index (κ3) is 5.22. The minimum Gasteiger partial charge on any atom is -0.337 e. The summed E-state index contributed by atoms with van der Waals surface area (Å²) in [5.41, 5.74) is 1.74. The number of nitrogens with one attached hydrogen (secondary N) is 1. The second-order valence-corrected chi connectivity index (χ2v) is 10.2. The van der Waals surface area contributed by atoms with Crippen LogP contribution in [0.5, 0.6) is 0 Å². The Kier molecular flexibility index (Phi) is 6.70. The lowest BCUT2D eigenvalue weighted by Crippen LogP contribution is -2.32. The maximum atomic E-state index is 13.9. The molecule has 0 unspecified atom stereocenters. The van der Waals surface area contributed by atoms with Crippen molar-refractivity contribution in [3.63, 3.8) is 0 Å². The molecular formula is C28H25N5O3S. The van der Waals surface area contributed by atoms with Gasteiger partial charge in [-0.2, -0.15) is 0 Å². The standard InChI is InChI=1S/C28H25N5O3S/c1-32-18-17-29-26(32)20-33(19-21-9-3-2-4-10-21)28(34)23-13-5-6-14-24(23)31-37(35,36)25-15-7-11-22-12-8-16-30-27(22)25/h2-18,31H,19-20H2,1H3. The summed E-state index contributed by atoms with van der Waals surface area (Å²) < 4.78 is 31.4. The smallest absolute Gasteiger partial charge is 0.264 e. The van der Waals surface area contributed by atoms with Crippen molar-refractivity contribution >= 4 is 32.5 Å².